The summed E-state index contributed by atoms with van der Waals surface area (Å²) in [5.41, 5.74) is 0. The zero-order chi connectivity index (χ0) is 61.6. The summed E-state index contributed by atoms with van der Waals surface area (Å²) in [5, 5.41) is 219. The SMILES string of the molecule is CC(=O)NC1C(OC2C(O)C(OOC3CC(CO)C(OC4OC(CO)C(O)C(O)C4O)C(OC4OC(C)C(O)C(O)C4O)C3NC(C)=O)OC(OC(C(O)CO)C(O)C(O)C=O)C2O)OC(CO)C(O)C1OC1OC(CO)C(O)C(O)C1O. The van der Waals surface area contributed by atoms with Crippen molar-refractivity contribution in [2.24, 2.45) is 5.92 Å². The summed E-state index contributed by atoms with van der Waals surface area (Å²) in [6, 6.07) is -3.63. The molecule has 34 atom stereocenters. The Morgan fingerprint density at radius 3 is 1.46 bits per heavy atom. The van der Waals surface area contributed by atoms with Crippen LogP contribution in [0, 0.1) is 5.92 Å². The van der Waals surface area contributed by atoms with Gasteiger partial charge in [-0.15, -0.1) is 0 Å². The lowest BCUT2D eigenvalue weighted by Crippen LogP contribution is -2.70. The van der Waals surface area contributed by atoms with Crippen LogP contribution in [0.1, 0.15) is 27.2 Å². The average Bonchev–Trinajstić information content (AvgIpc) is 3.66. The van der Waals surface area contributed by atoms with Gasteiger partial charge in [-0.05, 0) is 13.3 Å². The van der Waals surface area contributed by atoms with E-state index >= 15 is 0 Å². The van der Waals surface area contributed by atoms with Gasteiger partial charge in [0.15, 0.2) is 37.7 Å². The molecule has 0 bridgehead atoms. The zero-order valence-corrected chi connectivity index (χ0v) is 44.5. The van der Waals surface area contributed by atoms with Crippen LogP contribution in [0.3, 0.4) is 0 Å². The quantitative estimate of drug-likeness (QED) is 0.0242. The predicted molar refractivity (Wildman–Crippen MR) is 254 cm³/mol. The number of hydrogen-bond donors (Lipinski definition) is 22. The van der Waals surface area contributed by atoms with E-state index in [1.807, 2.05) is 0 Å². The monoisotopic (exact) mass is 1220 g/mol. The molecule has 1 aliphatic carbocycles. The van der Waals surface area contributed by atoms with Gasteiger partial charge in [0.1, 0.15) is 146 Å². The number of hydrogen-bond acceptors (Lipinski definition) is 35. The average molecular weight is 1220 g/mol. The van der Waals surface area contributed by atoms with E-state index in [0.717, 1.165) is 13.8 Å². The Bertz CT molecular complexity index is 2020. The van der Waals surface area contributed by atoms with Gasteiger partial charge in [0.05, 0.1) is 44.7 Å². The number of nitrogens with one attached hydrogen (secondary N) is 2. The lowest BCUT2D eigenvalue weighted by molar-refractivity contribution is -0.472. The molecule has 0 aromatic carbocycles. The number of aliphatic hydroxyl groups excluding tert-OH is 20. The van der Waals surface area contributed by atoms with Crippen LogP contribution in [0.5, 0.6) is 0 Å². The van der Waals surface area contributed by atoms with E-state index in [-0.39, 0.29) is 6.29 Å². The molecule has 37 heteroatoms. The van der Waals surface area contributed by atoms with Crippen LogP contribution in [-0.2, 0) is 71.5 Å². The lowest BCUT2D eigenvalue weighted by atomic mass is 9.79. The minimum Gasteiger partial charge on any atom is -0.396 e. The summed E-state index contributed by atoms with van der Waals surface area (Å²) in [6.45, 7) is -1.95. The first kappa shape index (κ1) is 69.4. The second-order valence-corrected chi connectivity index (χ2v) is 20.9. The molecule has 6 fully saturated rings. The van der Waals surface area contributed by atoms with Crippen molar-refractivity contribution < 1.29 is 174 Å². The summed E-state index contributed by atoms with van der Waals surface area (Å²) in [5.74, 6) is -3.19. The third kappa shape index (κ3) is 15.6. The summed E-state index contributed by atoms with van der Waals surface area (Å²) < 4.78 is 58.0. The Balaban J connectivity index is 1.38. The van der Waals surface area contributed by atoms with Crippen LogP contribution >= 0.6 is 0 Å². The first-order valence-corrected chi connectivity index (χ1v) is 26.3. The van der Waals surface area contributed by atoms with Gasteiger partial charge in [0.2, 0.25) is 18.1 Å². The highest BCUT2D eigenvalue weighted by molar-refractivity contribution is 5.73. The molecule has 83 heavy (non-hydrogen) atoms. The fourth-order valence-electron chi connectivity index (χ4n) is 10.4. The molecule has 5 saturated heterocycles. The zero-order valence-electron chi connectivity index (χ0n) is 44.5. The van der Waals surface area contributed by atoms with Crippen molar-refractivity contribution in [1.82, 2.24) is 10.6 Å². The summed E-state index contributed by atoms with van der Waals surface area (Å²) in [4.78, 5) is 49.0. The van der Waals surface area contributed by atoms with Crippen molar-refractivity contribution in [2.45, 2.75) is 230 Å². The van der Waals surface area contributed by atoms with E-state index in [1.165, 1.54) is 6.92 Å². The minimum absolute atomic E-state index is 0.200. The van der Waals surface area contributed by atoms with Crippen LogP contribution in [0.15, 0.2) is 0 Å². The number of amides is 2. The lowest BCUT2D eigenvalue weighted by Gasteiger charge is -2.50. The molecular formula is C46H78N2O35. The van der Waals surface area contributed by atoms with Crippen molar-refractivity contribution in [2.75, 3.05) is 33.0 Å². The van der Waals surface area contributed by atoms with Crippen molar-refractivity contribution in [3.8, 4) is 0 Å². The fourth-order valence-corrected chi connectivity index (χ4v) is 10.4. The molecule has 5 heterocycles. The van der Waals surface area contributed by atoms with E-state index < -0.39 is 260 Å². The van der Waals surface area contributed by atoms with E-state index in [4.69, 9.17) is 57.1 Å². The summed E-state index contributed by atoms with van der Waals surface area (Å²) in [7, 11) is 0. The normalized spacial score (nSPS) is 46.7. The second-order valence-electron chi connectivity index (χ2n) is 20.9. The first-order chi connectivity index (χ1) is 39.2. The molecule has 2 amide bonds. The summed E-state index contributed by atoms with van der Waals surface area (Å²) in [6.07, 6.45) is -63.7. The number of aldehydes is 1. The van der Waals surface area contributed by atoms with Gasteiger partial charge in [0, 0.05) is 26.4 Å². The Morgan fingerprint density at radius 1 is 0.494 bits per heavy atom. The third-order valence-electron chi connectivity index (χ3n) is 15.0. The van der Waals surface area contributed by atoms with Crippen LogP contribution in [0.25, 0.3) is 0 Å². The maximum Gasteiger partial charge on any atom is 0.222 e. The van der Waals surface area contributed by atoms with Crippen LogP contribution < -0.4 is 10.6 Å². The molecule has 22 N–H and O–H groups in total. The highest BCUT2D eigenvalue weighted by atomic mass is 17.2. The van der Waals surface area contributed by atoms with Gasteiger partial charge >= 0.3 is 0 Å². The molecule has 1 saturated carbocycles. The Labute approximate surface area is 470 Å². The van der Waals surface area contributed by atoms with Gasteiger partial charge in [-0.3, -0.25) is 9.59 Å². The van der Waals surface area contributed by atoms with Crippen molar-refractivity contribution >= 4 is 18.1 Å². The molecule has 6 rings (SSSR count). The van der Waals surface area contributed by atoms with Gasteiger partial charge < -0.3 is 165 Å². The number of rotatable bonds is 24. The standard InChI is InChI=1S/C46H78N2O35/c1-11-23(59)28(64)31(67)42(72-11)79-39-21(47-12(2)55)17(4-14(5-49)36(39)76-43-32(68)29(65)25(61)18(8-52)74-43)82-83-46-35(71)40(34(70)45(81-46)77-37(16(58)7-51)24(60)15(57)6-50)80-41-22(48-13(3)56)38(27(63)20(10-54)73-41)78-44-33(69)30(66)26(62)19(9-53)75-44/h6,11,14-46,49,51-54,57-71H,4-5,7-10H2,1-3H3,(H,47,55)(H,48,56). The smallest absolute Gasteiger partial charge is 0.222 e. The molecule has 0 spiro atoms. The van der Waals surface area contributed by atoms with Crippen molar-refractivity contribution in [1.29, 1.82) is 0 Å². The van der Waals surface area contributed by atoms with Gasteiger partial charge in [0.25, 0.3) is 0 Å². The molecule has 0 radical (unpaired) electrons. The number of carbonyl (C=O) groups is 3. The summed E-state index contributed by atoms with van der Waals surface area (Å²) >= 11 is 0. The first-order valence-electron chi connectivity index (χ1n) is 26.3. The maximum absolute atomic E-state index is 13.1. The number of aliphatic hydroxyl groups is 20. The molecule has 482 valence electrons. The highest BCUT2D eigenvalue weighted by Gasteiger charge is 2.58. The fraction of sp³-hybridized carbons (Fsp3) is 0.935. The van der Waals surface area contributed by atoms with Crippen molar-refractivity contribution in [3.63, 3.8) is 0 Å². The molecule has 6 aliphatic rings. The molecule has 37 nitrogen and oxygen atoms in total. The maximum atomic E-state index is 13.1. The Morgan fingerprint density at radius 2 is 0.952 bits per heavy atom. The van der Waals surface area contributed by atoms with Gasteiger partial charge in [-0.1, -0.05) is 0 Å². The molecule has 5 aliphatic heterocycles. The van der Waals surface area contributed by atoms with Crippen LogP contribution in [0.4, 0.5) is 0 Å². The number of ether oxygens (including phenoxy) is 10. The van der Waals surface area contributed by atoms with Gasteiger partial charge in [-0.25, -0.2) is 9.78 Å². The largest absolute Gasteiger partial charge is 0.396 e. The minimum atomic E-state index is -2.48. The van der Waals surface area contributed by atoms with E-state index in [9.17, 15) is 117 Å². The molecule has 0 aromatic rings. The van der Waals surface area contributed by atoms with E-state index in [2.05, 4.69) is 10.6 Å². The molecule has 34 unspecified atom stereocenters. The number of carbonyl (C=O) groups excluding carboxylic acids is 3. The Kier molecular flexibility index (Phi) is 25.5. The van der Waals surface area contributed by atoms with Crippen molar-refractivity contribution in [3.05, 3.63) is 0 Å². The topological polar surface area (TPSA) is 591 Å². The Hall–Kier alpha value is -2.67. The van der Waals surface area contributed by atoms with E-state index in [0.29, 0.717) is 0 Å². The highest BCUT2D eigenvalue weighted by Crippen LogP contribution is 2.39. The van der Waals surface area contributed by atoms with E-state index in [1.54, 1.807) is 0 Å². The predicted octanol–water partition coefficient (Wildman–Crippen LogP) is -14.6. The second kappa shape index (κ2) is 30.5. The van der Waals surface area contributed by atoms with Gasteiger partial charge in [-0.2, -0.15) is 0 Å². The molecule has 0 aromatic heterocycles. The third-order valence-corrected chi connectivity index (χ3v) is 15.0. The van der Waals surface area contributed by atoms with Crippen LogP contribution in [-0.4, -0.2) is 356 Å². The molecular weight excluding hydrogens is 1140 g/mol. The van der Waals surface area contributed by atoms with Crippen LogP contribution in [0.2, 0.25) is 0 Å².